The van der Waals surface area contributed by atoms with Gasteiger partial charge in [0.15, 0.2) is 24.3 Å². The molecule has 19 heteroatoms. The van der Waals surface area contributed by atoms with Gasteiger partial charge in [-0.2, -0.15) is 0 Å². The molecular weight excluding hydrogens is 818 g/mol. The van der Waals surface area contributed by atoms with Gasteiger partial charge in [-0.1, -0.05) is 0 Å². The minimum absolute atomic E-state index is 0.0215. The van der Waals surface area contributed by atoms with Crippen molar-refractivity contribution in [2.24, 2.45) is 0 Å². The molecule has 3 N–H and O–H groups in total. The Balaban J connectivity index is 1.42. The number of hydrogen-bond donors (Lipinski definition) is 3. The number of carbonyl (C=O) groups excluding carboxylic acids is 5. The lowest BCUT2D eigenvalue weighted by atomic mass is 9.68. The molecule has 2 aliphatic carbocycles. The van der Waals surface area contributed by atoms with Gasteiger partial charge in [0.25, 0.3) is 0 Å². The molecule has 0 aromatic heterocycles. The molecule has 0 radical (unpaired) electrons. The highest BCUT2D eigenvalue weighted by Crippen LogP contribution is 2.57. The van der Waals surface area contributed by atoms with E-state index in [-0.39, 0.29) is 28.9 Å². The molecule has 2 saturated heterocycles. The van der Waals surface area contributed by atoms with Crippen molar-refractivity contribution in [3.8, 4) is 17.2 Å². The number of phenols is 2. The molecule has 3 aliphatic heterocycles. The fraction of sp³-hybridized carbons (Fsp3) is 0.605. The summed E-state index contributed by atoms with van der Waals surface area (Å²) >= 11 is 0. The lowest BCUT2D eigenvalue weighted by Crippen LogP contribution is -2.70. The van der Waals surface area contributed by atoms with Gasteiger partial charge < -0.3 is 62.7 Å². The number of rotatable bonds is 9. The summed E-state index contributed by atoms with van der Waals surface area (Å²) in [4.78, 5) is 70.2. The molecule has 2 bridgehead atoms. The van der Waals surface area contributed by atoms with E-state index in [1.165, 1.54) is 48.2 Å². The first-order valence-corrected chi connectivity index (χ1v) is 20.0. The van der Waals surface area contributed by atoms with Crippen molar-refractivity contribution in [3.63, 3.8) is 0 Å². The Morgan fingerprint density at radius 2 is 1.52 bits per heavy atom. The van der Waals surface area contributed by atoms with E-state index in [4.69, 9.17) is 47.4 Å². The molecule has 7 rings (SSSR count). The summed E-state index contributed by atoms with van der Waals surface area (Å²) in [5.41, 5.74) is -6.88. The van der Waals surface area contributed by atoms with Crippen molar-refractivity contribution in [2.75, 3.05) is 42.5 Å². The number of ether oxygens (including phenoxy) is 10. The van der Waals surface area contributed by atoms with Gasteiger partial charge in [-0.3, -0.25) is 28.9 Å². The molecular formula is C43H53NO18. The number of likely N-dealkylation sites (N-methyl/N-ethyl adjacent to an activating group) is 1. The first-order valence-electron chi connectivity index (χ1n) is 20.0. The van der Waals surface area contributed by atoms with Gasteiger partial charge in [0, 0.05) is 58.3 Å². The lowest BCUT2D eigenvalue weighted by Gasteiger charge is -2.55. The van der Waals surface area contributed by atoms with Crippen molar-refractivity contribution in [3.05, 3.63) is 51.1 Å². The topological polar surface area (TPSA) is 242 Å². The third-order valence-corrected chi connectivity index (χ3v) is 13.0. The van der Waals surface area contributed by atoms with Crippen LogP contribution >= 0.6 is 0 Å². The molecule has 2 fully saturated rings. The minimum Gasteiger partial charge on any atom is -0.507 e. The molecule has 3 heterocycles. The van der Waals surface area contributed by atoms with Crippen LogP contribution in [0.15, 0.2) is 12.1 Å². The van der Waals surface area contributed by atoms with E-state index in [0.29, 0.717) is 0 Å². The number of esters is 3. The molecule has 13 atom stereocenters. The van der Waals surface area contributed by atoms with Crippen molar-refractivity contribution < 1.29 is 86.7 Å². The maximum Gasteiger partial charge on any atom is 0.316 e. The Kier molecular flexibility index (Phi) is 11.6. The second-order valence-corrected chi connectivity index (χ2v) is 17.2. The van der Waals surface area contributed by atoms with Crippen LogP contribution in [0.2, 0.25) is 0 Å². The minimum atomic E-state index is -1.95. The average molecular weight is 872 g/mol. The van der Waals surface area contributed by atoms with Gasteiger partial charge in [-0.25, -0.2) is 0 Å². The number of methoxy groups -OCH3 is 4. The van der Waals surface area contributed by atoms with Crippen LogP contribution in [-0.2, 0) is 62.6 Å². The smallest absolute Gasteiger partial charge is 0.316 e. The molecule has 5 aliphatic rings. The van der Waals surface area contributed by atoms with E-state index in [2.05, 4.69) is 0 Å². The third-order valence-electron chi connectivity index (χ3n) is 13.0. The maximum absolute atomic E-state index is 15.1. The Bertz CT molecular complexity index is 2220. The number of ketones is 2. The monoisotopic (exact) mass is 871 g/mol. The number of nitrogens with zero attached hydrogens (tertiary/aromatic N) is 1. The number of phenolic OH excluding ortho intramolecular Hbond substituents is 2. The Hall–Kier alpha value is -4.73. The van der Waals surface area contributed by atoms with E-state index >= 15 is 4.79 Å². The highest BCUT2D eigenvalue weighted by Gasteiger charge is 2.63. The van der Waals surface area contributed by atoms with Crippen LogP contribution in [0.1, 0.15) is 109 Å². The van der Waals surface area contributed by atoms with Gasteiger partial charge in [0.1, 0.15) is 46.6 Å². The fourth-order valence-electron chi connectivity index (χ4n) is 10.3. The summed E-state index contributed by atoms with van der Waals surface area (Å²) in [6.07, 6.45) is -9.03. The quantitative estimate of drug-likeness (QED) is 0.206. The largest absolute Gasteiger partial charge is 0.507 e. The molecule has 2 aromatic rings. The van der Waals surface area contributed by atoms with E-state index in [1.807, 2.05) is 0 Å². The van der Waals surface area contributed by atoms with Crippen molar-refractivity contribution >= 4 is 29.5 Å². The Morgan fingerprint density at radius 1 is 0.871 bits per heavy atom. The summed E-state index contributed by atoms with van der Waals surface area (Å²) in [6.45, 7) is 8.76. The van der Waals surface area contributed by atoms with Crippen LogP contribution < -0.4 is 4.74 Å². The van der Waals surface area contributed by atoms with Gasteiger partial charge >= 0.3 is 17.9 Å². The van der Waals surface area contributed by atoms with E-state index in [0.717, 1.165) is 13.2 Å². The molecule has 0 saturated carbocycles. The first kappa shape index (κ1) is 45.3. The van der Waals surface area contributed by atoms with Crippen molar-refractivity contribution in [1.82, 2.24) is 4.90 Å². The summed E-state index contributed by atoms with van der Waals surface area (Å²) in [6, 6.07) is 1.50. The molecule has 19 nitrogen and oxygen atoms in total. The van der Waals surface area contributed by atoms with E-state index in [9.17, 15) is 34.5 Å². The summed E-state index contributed by atoms with van der Waals surface area (Å²) < 4.78 is 59.6. The van der Waals surface area contributed by atoms with Gasteiger partial charge in [-0.05, 0) is 59.5 Å². The predicted molar refractivity (Wildman–Crippen MR) is 210 cm³/mol. The van der Waals surface area contributed by atoms with Crippen molar-refractivity contribution in [2.45, 2.75) is 126 Å². The molecule has 0 spiro atoms. The highest BCUT2D eigenvalue weighted by molar-refractivity contribution is 6.31. The SMILES string of the molecule is COC(=O)[C@@H]1c2cc3c(c(O)c2[C@@H](O[C@@H]2O[C@@H](C)[C@@H](OC)[C@@](C)(OC)[C@H]2OC)C[C@]1(C)O)C(=O)c1c(O)cc2c(c1C3=O)O[C@H]1O[C@@]2(C)[C@H](OC(C)=O)[C@@H](N(C)C)[C@@H]1OC(C)=O. The average Bonchev–Trinajstić information content (AvgIpc) is 3.17. The van der Waals surface area contributed by atoms with Gasteiger partial charge in [0.05, 0.1) is 47.7 Å². The summed E-state index contributed by atoms with van der Waals surface area (Å²) in [5.74, 6) is -7.51. The first-order chi connectivity index (χ1) is 29.0. The van der Waals surface area contributed by atoms with Crippen molar-refractivity contribution in [1.29, 1.82) is 0 Å². The van der Waals surface area contributed by atoms with Gasteiger partial charge in [0.2, 0.25) is 12.1 Å². The van der Waals surface area contributed by atoms with Crippen LogP contribution in [0, 0.1) is 0 Å². The highest BCUT2D eigenvalue weighted by atomic mass is 16.7. The predicted octanol–water partition coefficient (Wildman–Crippen LogP) is 2.28. The van der Waals surface area contributed by atoms with Crippen LogP contribution in [-0.4, -0.2) is 153 Å². The number of hydrogen-bond acceptors (Lipinski definition) is 19. The number of benzene rings is 2. The van der Waals surface area contributed by atoms with E-state index < -0.39 is 141 Å². The number of aliphatic hydroxyl groups is 1. The van der Waals surface area contributed by atoms with E-state index in [1.54, 1.807) is 39.8 Å². The molecule has 338 valence electrons. The summed E-state index contributed by atoms with van der Waals surface area (Å²) in [5, 5.41) is 36.1. The molecule has 0 amide bonds. The zero-order chi connectivity index (χ0) is 45.7. The van der Waals surface area contributed by atoms with Crippen LogP contribution in [0.4, 0.5) is 0 Å². The zero-order valence-corrected chi connectivity index (χ0v) is 36.5. The van der Waals surface area contributed by atoms with Gasteiger partial charge in [-0.15, -0.1) is 0 Å². The van der Waals surface area contributed by atoms with Crippen LogP contribution in [0.5, 0.6) is 17.2 Å². The second kappa shape index (κ2) is 15.8. The Morgan fingerprint density at radius 3 is 2.08 bits per heavy atom. The number of fused-ring (bicyclic) bond motifs is 8. The normalized spacial score (nSPS) is 35.8. The second-order valence-electron chi connectivity index (χ2n) is 17.2. The number of aromatic hydroxyl groups is 2. The molecule has 2 aromatic carbocycles. The zero-order valence-electron chi connectivity index (χ0n) is 36.5. The van der Waals surface area contributed by atoms with Crippen LogP contribution in [0.25, 0.3) is 0 Å². The lowest BCUT2D eigenvalue weighted by molar-refractivity contribution is -0.345. The summed E-state index contributed by atoms with van der Waals surface area (Å²) in [7, 11) is 8.83. The maximum atomic E-state index is 15.1. The third kappa shape index (κ3) is 6.67. The fourth-order valence-corrected chi connectivity index (χ4v) is 10.3. The molecule has 62 heavy (non-hydrogen) atoms. The standard InChI is InChI=1S/C43H53NO18/c1-16-35(53-9)43(6,56-12)37(54-10)40(57-16)60-23-15-41(4,52)28(38(51)55-11)19-13-20-25(31(49)24(19)23)32(50)26-22(47)14-21-33(27(26)30(20)48)61-39-34(58-17(2)45)29(44(7)8)36(59-18(3)46)42(21,5)62-39/h13-14,16,23,28-29,34-37,39-40,47,49,52H,15H2,1-12H3/t16-,23-,28-,29-,34-,35+,36+,37-,39-,40-,41-,42+,43+/m0/s1. The molecule has 0 unspecified atom stereocenters. The Labute approximate surface area is 357 Å². The number of carbonyl (C=O) groups is 5. The van der Waals surface area contributed by atoms with Crippen LogP contribution in [0.3, 0.4) is 0 Å².